The summed E-state index contributed by atoms with van der Waals surface area (Å²) in [6.07, 6.45) is 0.421. The molecule has 0 saturated carbocycles. The van der Waals surface area contributed by atoms with Crippen molar-refractivity contribution in [1.82, 2.24) is 10.2 Å². The Bertz CT molecular complexity index is 257. The van der Waals surface area contributed by atoms with Crippen molar-refractivity contribution in [2.24, 2.45) is 0 Å². The second-order valence-corrected chi connectivity index (χ2v) is 3.83. The molecule has 0 aromatic rings. The van der Waals surface area contributed by atoms with Crippen LogP contribution in [0.1, 0.15) is 6.42 Å². The van der Waals surface area contributed by atoms with Crippen LogP contribution >= 0.6 is 0 Å². The van der Waals surface area contributed by atoms with Crippen molar-refractivity contribution < 1.29 is 19.1 Å². The molecule has 6 nitrogen and oxygen atoms in total. The van der Waals surface area contributed by atoms with Crippen LogP contribution in [-0.2, 0) is 14.3 Å². The Morgan fingerprint density at radius 3 is 2.81 bits per heavy atom. The Labute approximate surface area is 94.9 Å². The number of hydrogen-bond donors (Lipinski definition) is 1. The van der Waals surface area contributed by atoms with E-state index in [0.717, 1.165) is 13.0 Å². The molecule has 1 saturated heterocycles. The molecule has 6 heteroatoms. The number of carbonyl (C=O) groups is 2. The number of alkyl carbamates (subject to hydrolysis) is 1. The lowest BCUT2D eigenvalue weighted by Crippen LogP contribution is -2.38. The third-order valence-electron chi connectivity index (χ3n) is 2.49. The average Bonchev–Trinajstić information content (AvgIpc) is 2.65. The van der Waals surface area contributed by atoms with Crippen molar-refractivity contribution in [3.63, 3.8) is 0 Å². The molecule has 1 unspecified atom stereocenters. The molecule has 1 atom stereocenters. The molecule has 0 bridgehead atoms. The molecule has 1 aliphatic rings. The number of amides is 1. The first kappa shape index (κ1) is 12.9. The van der Waals surface area contributed by atoms with E-state index < -0.39 is 6.09 Å². The zero-order valence-corrected chi connectivity index (χ0v) is 9.69. The highest BCUT2D eigenvalue weighted by Crippen LogP contribution is 2.08. The molecule has 0 radical (unpaired) electrons. The van der Waals surface area contributed by atoms with Gasteiger partial charge in [-0.25, -0.2) is 4.79 Å². The minimum Gasteiger partial charge on any atom is -0.453 e. The second kappa shape index (κ2) is 6.44. The molecule has 0 aliphatic carbocycles. The van der Waals surface area contributed by atoms with Gasteiger partial charge >= 0.3 is 6.09 Å². The van der Waals surface area contributed by atoms with Crippen LogP contribution in [0, 0.1) is 0 Å². The van der Waals surface area contributed by atoms with Gasteiger partial charge in [0, 0.05) is 26.2 Å². The van der Waals surface area contributed by atoms with E-state index in [2.05, 4.69) is 10.1 Å². The van der Waals surface area contributed by atoms with E-state index in [9.17, 15) is 9.59 Å². The Hall–Kier alpha value is -1.14. The maximum absolute atomic E-state index is 11.3. The van der Waals surface area contributed by atoms with Gasteiger partial charge in [0.05, 0.1) is 13.7 Å². The van der Waals surface area contributed by atoms with Crippen LogP contribution in [0.4, 0.5) is 4.79 Å². The first-order valence-electron chi connectivity index (χ1n) is 5.23. The fourth-order valence-electron chi connectivity index (χ4n) is 1.78. The van der Waals surface area contributed by atoms with Gasteiger partial charge in [-0.3, -0.25) is 9.69 Å². The van der Waals surface area contributed by atoms with E-state index in [1.807, 2.05) is 4.90 Å². The highest BCUT2D eigenvalue weighted by atomic mass is 16.5. The Kier molecular flexibility index (Phi) is 5.21. The summed E-state index contributed by atoms with van der Waals surface area (Å²) in [6, 6.07) is 0.0720. The molecule has 1 rings (SSSR count). The van der Waals surface area contributed by atoms with Gasteiger partial charge in [-0.2, -0.15) is 0 Å². The number of ketones is 1. The van der Waals surface area contributed by atoms with Gasteiger partial charge in [0.25, 0.3) is 0 Å². The van der Waals surface area contributed by atoms with Crippen LogP contribution in [-0.4, -0.2) is 63.3 Å². The summed E-state index contributed by atoms with van der Waals surface area (Å²) in [6.45, 7) is 2.02. The summed E-state index contributed by atoms with van der Waals surface area (Å²) in [7, 11) is 2.84. The van der Waals surface area contributed by atoms with Crippen LogP contribution < -0.4 is 5.32 Å². The van der Waals surface area contributed by atoms with Gasteiger partial charge in [-0.1, -0.05) is 0 Å². The minimum absolute atomic E-state index is 0.0567. The molecule has 0 spiro atoms. The molecule has 0 aromatic carbocycles. The molecule has 16 heavy (non-hydrogen) atoms. The fourth-order valence-corrected chi connectivity index (χ4v) is 1.78. The van der Waals surface area contributed by atoms with Crippen molar-refractivity contribution in [3.05, 3.63) is 0 Å². The lowest BCUT2D eigenvalue weighted by molar-refractivity contribution is -0.123. The Morgan fingerprint density at radius 1 is 1.44 bits per heavy atom. The number of carbonyl (C=O) groups excluding carboxylic acids is 2. The summed E-state index contributed by atoms with van der Waals surface area (Å²) in [5.74, 6) is 0.0567. The average molecular weight is 230 g/mol. The van der Waals surface area contributed by atoms with E-state index in [1.165, 1.54) is 14.2 Å². The number of nitrogens with zero attached hydrogens (tertiary/aromatic N) is 1. The van der Waals surface area contributed by atoms with Crippen LogP contribution in [0.25, 0.3) is 0 Å². The molecular formula is C10H18N2O4. The van der Waals surface area contributed by atoms with Gasteiger partial charge in [0.2, 0.25) is 0 Å². The Balaban J connectivity index is 2.24. The number of ether oxygens (including phenoxy) is 2. The van der Waals surface area contributed by atoms with Crippen LogP contribution in [0.2, 0.25) is 0 Å². The van der Waals surface area contributed by atoms with Gasteiger partial charge in [0.15, 0.2) is 5.78 Å². The highest BCUT2D eigenvalue weighted by molar-refractivity contribution is 5.81. The van der Waals surface area contributed by atoms with Crippen molar-refractivity contribution in [1.29, 1.82) is 0 Å². The van der Waals surface area contributed by atoms with Crippen molar-refractivity contribution in [3.8, 4) is 0 Å². The van der Waals surface area contributed by atoms with Crippen molar-refractivity contribution in [2.45, 2.75) is 12.5 Å². The fraction of sp³-hybridized carbons (Fsp3) is 0.800. The zero-order valence-electron chi connectivity index (χ0n) is 9.69. The van der Waals surface area contributed by atoms with Gasteiger partial charge < -0.3 is 14.8 Å². The van der Waals surface area contributed by atoms with Gasteiger partial charge in [0.1, 0.15) is 6.61 Å². The molecule has 0 aromatic heterocycles. The molecule has 1 N–H and O–H groups in total. The summed E-state index contributed by atoms with van der Waals surface area (Å²) in [5, 5.41) is 2.72. The van der Waals surface area contributed by atoms with Crippen molar-refractivity contribution in [2.75, 3.05) is 40.5 Å². The highest BCUT2D eigenvalue weighted by Gasteiger charge is 2.25. The summed E-state index contributed by atoms with van der Waals surface area (Å²) in [4.78, 5) is 24.3. The predicted molar refractivity (Wildman–Crippen MR) is 57.3 cm³/mol. The SMILES string of the molecule is COCC(=O)CN1CCC(NC(=O)OC)C1. The first-order valence-corrected chi connectivity index (χ1v) is 5.23. The van der Waals surface area contributed by atoms with Gasteiger partial charge in [-0.05, 0) is 6.42 Å². The molecule has 1 heterocycles. The number of likely N-dealkylation sites (tertiary alicyclic amines) is 1. The third-order valence-corrected chi connectivity index (χ3v) is 2.49. The zero-order chi connectivity index (χ0) is 12.0. The second-order valence-electron chi connectivity index (χ2n) is 3.83. The van der Waals surface area contributed by atoms with E-state index in [0.29, 0.717) is 13.1 Å². The lowest BCUT2D eigenvalue weighted by atomic mass is 10.3. The topological polar surface area (TPSA) is 67.9 Å². The monoisotopic (exact) mass is 230 g/mol. The van der Waals surface area contributed by atoms with E-state index >= 15 is 0 Å². The van der Waals surface area contributed by atoms with E-state index in [4.69, 9.17) is 4.74 Å². The molecule has 1 aliphatic heterocycles. The minimum atomic E-state index is -0.421. The quantitative estimate of drug-likeness (QED) is 0.698. The smallest absolute Gasteiger partial charge is 0.407 e. The first-order chi connectivity index (χ1) is 7.65. The normalized spacial score (nSPS) is 20.8. The molecule has 92 valence electrons. The number of rotatable bonds is 5. The number of methoxy groups -OCH3 is 2. The predicted octanol–water partition coefficient (Wildman–Crippen LogP) is -0.368. The van der Waals surface area contributed by atoms with Crippen LogP contribution in [0.15, 0.2) is 0 Å². The third kappa shape index (κ3) is 4.16. The largest absolute Gasteiger partial charge is 0.453 e. The van der Waals surface area contributed by atoms with Crippen LogP contribution in [0.5, 0.6) is 0 Å². The molecular weight excluding hydrogens is 212 g/mol. The number of nitrogens with one attached hydrogen (secondary N) is 1. The van der Waals surface area contributed by atoms with E-state index in [-0.39, 0.29) is 18.4 Å². The molecule has 1 amide bonds. The van der Waals surface area contributed by atoms with Crippen LogP contribution in [0.3, 0.4) is 0 Å². The standard InChI is InChI=1S/C10H18N2O4/c1-15-7-9(13)6-12-4-3-8(5-12)11-10(14)16-2/h8H,3-7H2,1-2H3,(H,11,14). The van der Waals surface area contributed by atoms with Crippen molar-refractivity contribution >= 4 is 11.9 Å². The summed E-state index contributed by atoms with van der Waals surface area (Å²) < 4.78 is 9.27. The summed E-state index contributed by atoms with van der Waals surface area (Å²) in [5.41, 5.74) is 0. The van der Waals surface area contributed by atoms with Gasteiger partial charge in [-0.15, -0.1) is 0 Å². The maximum atomic E-state index is 11.3. The lowest BCUT2D eigenvalue weighted by Gasteiger charge is -2.15. The summed E-state index contributed by atoms with van der Waals surface area (Å²) >= 11 is 0. The molecule has 1 fully saturated rings. The Morgan fingerprint density at radius 2 is 2.19 bits per heavy atom. The van der Waals surface area contributed by atoms with E-state index in [1.54, 1.807) is 0 Å². The maximum Gasteiger partial charge on any atom is 0.407 e. The number of Topliss-reactive ketones (excluding diaryl/α,β-unsaturated/α-hetero) is 1. The number of hydrogen-bond acceptors (Lipinski definition) is 5.